The maximum atomic E-state index is 5.55. The van der Waals surface area contributed by atoms with Crippen LogP contribution in [0.1, 0.15) is 44.4 Å². The van der Waals surface area contributed by atoms with Crippen molar-refractivity contribution >= 4 is 29.9 Å². The zero-order chi connectivity index (χ0) is 18.2. The Morgan fingerprint density at radius 1 is 1.12 bits per heavy atom. The normalized spacial score (nSPS) is 11.3. The molecule has 3 N–H and O–H groups in total. The monoisotopic (exact) mass is 481 g/mol. The summed E-state index contributed by atoms with van der Waals surface area (Å²) in [6, 6.07) is 0. The van der Waals surface area contributed by atoms with Gasteiger partial charge in [-0.15, -0.1) is 24.0 Å². The number of rotatable bonds is 14. The summed E-state index contributed by atoms with van der Waals surface area (Å²) >= 11 is 0. The lowest BCUT2D eigenvalue weighted by molar-refractivity contribution is 0.0487. The molecule has 0 amide bonds. The molecule has 0 atom stereocenters. The number of H-pyrrole nitrogens is 1. The zero-order valence-corrected chi connectivity index (χ0v) is 18.8. The number of hydrogen-bond donors (Lipinski definition) is 3. The van der Waals surface area contributed by atoms with Gasteiger partial charge in [0.15, 0.2) is 5.96 Å². The molecule has 26 heavy (non-hydrogen) atoms. The first-order valence-electron chi connectivity index (χ1n) is 9.44. The molecule has 0 saturated carbocycles. The number of nitrogens with one attached hydrogen (secondary N) is 3. The van der Waals surface area contributed by atoms with Crippen LogP contribution < -0.4 is 10.6 Å². The van der Waals surface area contributed by atoms with Gasteiger partial charge in [0.1, 0.15) is 0 Å². The summed E-state index contributed by atoms with van der Waals surface area (Å²) < 4.78 is 11.0. The van der Waals surface area contributed by atoms with Crippen LogP contribution in [-0.4, -0.2) is 62.2 Å². The first kappa shape index (κ1) is 25.1. The van der Waals surface area contributed by atoms with Crippen molar-refractivity contribution in [3.8, 4) is 0 Å². The van der Waals surface area contributed by atoms with Crippen LogP contribution in [0, 0.1) is 6.92 Å². The topological polar surface area (TPSA) is 83.6 Å². The molecule has 0 saturated heterocycles. The SMILES string of the molecule is CCCCOCCOCCNC(=NCCCc1cn[nH]c1C)NCC.I. The van der Waals surface area contributed by atoms with Gasteiger partial charge in [-0.3, -0.25) is 10.1 Å². The molecule has 8 heteroatoms. The van der Waals surface area contributed by atoms with Crippen LogP contribution >= 0.6 is 24.0 Å². The van der Waals surface area contributed by atoms with Gasteiger partial charge in [0, 0.05) is 31.9 Å². The molecule has 0 bridgehead atoms. The molecule has 1 aromatic heterocycles. The molecule has 152 valence electrons. The van der Waals surface area contributed by atoms with Crippen LogP contribution in [0.25, 0.3) is 0 Å². The number of aryl methyl sites for hydroxylation is 2. The standard InChI is InChI=1S/C18H35N5O2.HI/c1-4-6-11-24-13-14-25-12-10-21-18(19-5-2)20-9-7-8-17-15-22-23-16(17)3;/h15H,4-14H2,1-3H3,(H,22,23)(H2,19,20,21);1H. The number of aromatic nitrogens is 2. The van der Waals surface area contributed by atoms with Crippen molar-refractivity contribution in [2.75, 3.05) is 46.1 Å². The van der Waals surface area contributed by atoms with E-state index in [1.165, 1.54) is 12.0 Å². The van der Waals surface area contributed by atoms with Gasteiger partial charge in [0.2, 0.25) is 0 Å². The van der Waals surface area contributed by atoms with E-state index in [0.29, 0.717) is 19.8 Å². The third-order valence-corrected chi connectivity index (χ3v) is 3.71. The average molecular weight is 481 g/mol. The van der Waals surface area contributed by atoms with Gasteiger partial charge >= 0.3 is 0 Å². The number of hydrogen-bond acceptors (Lipinski definition) is 4. The highest BCUT2D eigenvalue weighted by Crippen LogP contribution is 2.05. The second-order valence-corrected chi connectivity index (χ2v) is 5.89. The zero-order valence-electron chi connectivity index (χ0n) is 16.5. The summed E-state index contributed by atoms with van der Waals surface area (Å²) in [5, 5.41) is 13.6. The van der Waals surface area contributed by atoms with Crippen LogP contribution in [0.4, 0.5) is 0 Å². The number of halogens is 1. The molecule has 7 nitrogen and oxygen atoms in total. The van der Waals surface area contributed by atoms with Gasteiger partial charge in [-0.1, -0.05) is 13.3 Å². The summed E-state index contributed by atoms with van der Waals surface area (Å²) in [5.74, 6) is 0.842. The molecule has 0 aromatic carbocycles. The van der Waals surface area contributed by atoms with Gasteiger partial charge in [0.05, 0.1) is 26.0 Å². The molecule has 1 heterocycles. The molecule has 1 rings (SSSR count). The van der Waals surface area contributed by atoms with E-state index < -0.39 is 0 Å². The van der Waals surface area contributed by atoms with E-state index in [0.717, 1.165) is 57.2 Å². The number of guanidine groups is 1. The second-order valence-electron chi connectivity index (χ2n) is 5.89. The average Bonchev–Trinajstić information content (AvgIpc) is 3.02. The molecular formula is C18H36IN5O2. The quantitative estimate of drug-likeness (QED) is 0.165. The number of aliphatic imine (C=N–C) groups is 1. The maximum Gasteiger partial charge on any atom is 0.191 e. The molecule has 1 aromatic rings. The summed E-state index contributed by atoms with van der Waals surface area (Å²) in [5.41, 5.74) is 2.41. The first-order chi connectivity index (χ1) is 12.3. The largest absolute Gasteiger partial charge is 0.379 e. The minimum atomic E-state index is 0. The molecular weight excluding hydrogens is 445 g/mol. The van der Waals surface area contributed by atoms with E-state index in [4.69, 9.17) is 9.47 Å². The van der Waals surface area contributed by atoms with E-state index >= 15 is 0 Å². The van der Waals surface area contributed by atoms with E-state index in [-0.39, 0.29) is 24.0 Å². The Hall–Kier alpha value is -0.870. The van der Waals surface area contributed by atoms with Crippen molar-refractivity contribution < 1.29 is 9.47 Å². The Labute approximate surface area is 175 Å². The fourth-order valence-electron chi connectivity index (χ4n) is 2.24. The van der Waals surface area contributed by atoms with Gasteiger partial charge < -0.3 is 20.1 Å². The smallest absolute Gasteiger partial charge is 0.191 e. The van der Waals surface area contributed by atoms with E-state index in [1.807, 2.05) is 13.1 Å². The molecule has 0 spiro atoms. The van der Waals surface area contributed by atoms with Crippen LogP contribution in [0.3, 0.4) is 0 Å². The van der Waals surface area contributed by atoms with Crippen LogP contribution in [-0.2, 0) is 15.9 Å². The lowest BCUT2D eigenvalue weighted by Crippen LogP contribution is -2.39. The molecule has 0 fully saturated rings. The van der Waals surface area contributed by atoms with Crippen molar-refractivity contribution in [1.29, 1.82) is 0 Å². The van der Waals surface area contributed by atoms with Gasteiger partial charge in [0.25, 0.3) is 0 Å². The summed E-state index contributed by atoms with van der Waals surface area (Å²) in [4.78, 5) is 4.59. The third kappa shape index (κ3) is 12.5. The van der Waals surface area contributed by atoms with Crippen molar-refractivity contribution in [1.82, 2.24) is 20.8 Å². The highest BCUT2D eigenvalue weighted by molar-refractivity contribution is 14.0. The molecule has 0 aliphatic heterocycles. The Balaban J connectivity index is 0.00000625. The number of ether oxygens (including phenoxy) is 2. The fourth-order valence-corrected chi connectivity index (χ4v) is 2.24. The Morgan fingerprint density at radius 3 is 2.54 bits per heavy atom. The first-order valence-corrected chi connectivity index (χ1v) is 9.44. The number of aromatic amines is 1. The minimum absolute atomic E-state index is 0. The van der Waals surface area contributed by atoms with Crippen molar-refractivity contribution in [3.63, 3.8) is 0 Å². The number of nitrogens with zero attached hydrogens (tertiary/aromatic N) is 2. The number of unbranched alkanes of at least 4 members (excludes halogenated alkanes) is 1. The predicted molar refractivity (Wildman–Crippen MR) is 118 cm³/mol. The van der Waals surface area contributed by atoms with Crippen molar-refractivity contribution in [3.05, 3.63) is 17.5 Å². The van der Waals surface area contributed by atoms with Crippen LogP contribution in [0.5, 0.6) is 0 Å². The maximum absolute atomic E-state index is 5.55. The minimum Gasteiger partial charge on any atom is -0.379 e. The van der Waals surface area contributed by atoms with Crippen LogP contribution in [0.15, 0.2) is 11.2 Å². The molecule has 0 aliphatic rings. The van der Waals surface area contributed by atoms with E-state index in [1.54, 1.807) is 0 Å². The van der Waals surface area contributed by atoms with Crippen molar-refractivity contribution in [2.45, 2.75) is 46.5 Å². The second kappa shape index (κ2) is 17.5. The van der Waals surface area contributed by atoms with Crippen molar-refractivity contribution in [2.24, 2.45) is 4.99 Å². The Morgan fingerprint density at radius 2 is 1.88 bits per heavy atom. The van der Waals surface area contributed by atoms with E-state index in [9.17, 15) is 0 Å². The van der Waals surface area contributed by atoms with Gasteiger partial charge in [-0.05, 0) is 38.7 Å². The highest BCUT2D eigenvalue weighted by Gasteiger charge is 2.00. The summed E-state index contributed by atoms with van der Waals surface area (Å²) in [6.07, 6.45) is 6.17. The third-order valence-electron chi connectivity index (χ3n) is 3.71. The fraction of sp³-hybridized carbons (Fsp3) is 0.778. The van der Waals surface area contributed by atoms with Gasteiger partial charge in [-0.2, -0.15) is 5.10 Å². The van der Waals surface area contributed by atoms with Crippen LogP contribution in [0.2, 0.25) is 0 Å². The molecule has 0 unspecified atom stereocenters. The highest BCUT2D eigenvalue weighted by atomic mass is 127. The molecule has 0 aliphatic carbocycles. The summed E-state index contributed by atoms with van der Waals surface area (Å²) in [7, 11) is 0. The lowest BCUT2D eigenvalue weighted by Gasteiger charge is -2.11. The van der Waals surface area contributed by atoms with Gasteiger partial charge in [-0.25, -0.2) is 0 Å². The lowest BCUT2D eigenvalue weighted by atomic mass is 10.1. The Kier molecular flexibility index (Phi) is 17.0. The summed E-state index contributed by atoms with van der Waals surface area (Å²) in [6.45, 7) is 11.4. The van der Waals surface area contributed by atoms with E-state index in [2.05, 4.69) is 39.7 Å². The predicted octanol–water partition coefficient (Wildman–Crippen LogP) is 2.66. The Bertz CT molecular complexity index is 468. The molecule has 0 radical (unpaired) electrons.